The van der Waals surface area contributed by atoms with Gasteiger partial charge in [0.05, 0.1) is 18.0 Å². The Morgan fingerprint density at radius 1 is 1.44 bits per heavy atom. The van der Waals surface area contributed by atoms with Gasteiger partial charge < -0.3 is 5.11 Å². The van der Waals surface area contributed by atoms with E-state index in [1.54, 1.807) is 0 Å². The molecule has 0 fully saturated rings. The highest BCUT2D eigenvalue weighted by Gasteiger charge is 2.34. The molecule has 16 heavy (non-hydrogen) atoms. The second kappa shape index (κ2) is 4.26. The lowest BCUT2D eigenvalue weighted by molar-refractivity contribution is -0.150. The van der Waals surface area contributed by atoms with Crippen LogP contribution < -0.4 is 0 Å². The average molecular weight is 225 g/mol. The number of rotatable bonds is 3. The molecule has 0 aliphatic carbocycles. The normalized spacial score (nSPS) is 18.1. The van der Waals surface area contributed by atoms with Gasteiger partial charge in [0.25, 0.3) is 5.91 Å². The first-order chi connectivity index (χ1) is 7.34. The van der Waals surface area contributed by atoms with Gasteiger partial charge in [-0.3, -0.25) is 19.3 Å². The Hall–Kier alpha value is -1.98. The molecule has 6 heteroatoms. The van der Waals surface area contributed by atoms with E-state index in [4.69, 9.17) is 5.11 Å². The van der Waals surface area contributed by atoms with Gasteiger partial charge in [0.15, 0.2) is 5.78 Å². The minimum Gasteiger partial charge on any atom is -0.478 e. The van der Waals surface area contributed by atoms with E-state index in [-0.39, 0.29) is 17.8 Å². The lowest BCUT2D eigenvalue weighted by atomic mass is 10.0. The fraction of sp³-hybridized carbons (Fsp3) is 0.400. The molecule has 1 unspecified atom stereocenters. The number of carboxylic acid groups (broad SMARTS) is 1. The highest BCUT2D eigenvalue weighted by atomic mass is 16.4. The Labute approximate surface area is 91.5 Å². The van der Waals surface area contributed by atoms with E-state index < -0.39 is 23.8 Å². The molecular weight excluding hydrogens is 214 g/mol. The van der Waals surface area contributed by atoms with Crippen LogP contribution in [0.2, 0.25) is 0 Å². The maximum atomic E-state index is 11.5. The fourth-order valence-electron chi connectivity index (χ4n) is 1.37. The monoisotopic (exact) mass is 225 g/mol. The lowest BCUT2D eigenvalue weighted by Crippen LogP contribution is -2.48. The Kier molecular flexibility index (Phi) is 3.22. The Morgan fingerprint density at radius 3 is 2.38 bits per heavy atom. The third kappa shape index (κ3) is 2.16. The van der Waals surface area contributed by atoms with E-state index in [0.29, 0.717) is 0 Å². The number of hydrogen-bond donors (Lipinski definition) is 1. The van der Waals surface area contributed by atoms with Crippen molar-refractivity contribution in [2.45, 2.75) is 26.3 Å². The van der Waals surface area contributed by atoms with Crippen LogP contribution in [-0.4, -0.2) is 39.6 Å². The first-order valence-corrected chi connectivity index (χ1v) is 4.65. The minimum absolute atomic E-state index is 0.248. The van der Waals surface area contributed by atoms with Crippen LogP contribution in [0, 0.1) is 0 Å². The van der Waals surface area contributed by atoms with E-state index in [1.165, 1.54) is 13.8 Å². The van der Waals surface area contributed by atoms with Crippen LogP contribution in [0.15, 0.2) is 11.6 Å². The number of hydrogen-bond acceptors (Lipinski definition) is 4. The molecule has 0 radical (unpaired) electrons. The predicted octanol–water partition coefficient (Wildman–Crippen LogP) is -0.266. The largest absolute Gasteiger partial charge is 0.478 e. The highest BCUT2D eigenvalue weighted by molar-refractivity contribution is 6.13. The van der Waals surface area contributed by atoms with Crippen LogP contribution in [0.3, 0.4) is 0 Å². The smallest absolute Gasteiger partial charge is 0.332 e. The second-order valence-corrected chi connectivity index (χ2v) is 3.54. The Morgan fingerprint density at radius 2 is 2.00 bits per heavy atom. The number of carboxylic acids is 1. The molecular formula is C10H11NO5. The molecule has 0 bridgehead atoms. The molecule has 6 nitrogen and oxygen atoms in total. The highest BCUT2D eigenvalue weighted by Crippen LogP contribution is 2.16. The number of carbonyl (C=O) groups excluding carboxylic acids is 3. The van der Waals surface area contributed by atoms with Gasteiger partial charge in [-0.1, -0.05) is 0 Å². The van der Waals surface area contributed by atoms with E-state index in [9.17, 15) is 19.2 Å². The molecule has 0 aromatic carbocycles. The van der Waals surface area contributed by atoms with Gasteiger partial charge in [-0.25, -0.2) is 4.79 Å². The summed E-state index contributed by atoms with van der Waals surface area (Å²) in [5.74, 6) is -3.03. The van der Waals surface area contributed by atoms with Gasteiger partial charge in [0.1, 0.15) is 0 Å². The van der Waals surface area contributed by atoms with Gasteiger partial charge in [0.2, 0.25) is 5.91 Å². The summed E-state index contributed by atoms with van der Waals surface area (Å²) >= 11 is 0. The zero-order chi connectivity index (χ0) is 12.5. The molecule has 1 heterocycles. The summed E-state index contributed by atoms with van der Waals surface area (Å²) in [6.45, 7) is 2.69. The lowest BCUT2D eigenvalue weighted by Gasteiger charge is -2.27. The molecule has 0 spiro atoms. The zero-order valence-corrected chi connectivity index (χ0v) is 8.89. The molecule has 0 aromatic heterocycles. The zero-order valence-electron chi connectivity index (χ0n) is 8.89. The topological polar surface area (TPSA) is 91.8 Å². The third-order valence-corrected chi connectivity index (χ3v) is 2.40. The molecule has 1 aliphatic rings. The molecule has 86 valence electrons. The number of ketones is 1. The summed E-state index contributed by atoms with van der Waals surface area (Å²) in [7, 11) is 0. The molecule has 2 amide bonds. The van der Waals surface area contributed by atoms with Gasteiger partial charge in [-0.2, -0.15) is 0 Å². The van der Waals surface area contributed by atoms with Crippen molar-refractivity contribution in [3.8, 4) is 0 Å². The van der Waals surface area contributed by atoms with E-state index in [2.05, 4.69) is 0 Å². The summed E-state index contributed by atoms with van der Waals surface area (Å²) in [6, 6.07) is -0.855. The van der Waals surface area contributed by atoms with Crippen LogP contribution in [0.4, 0.5) is 0 Å². The van der Waals surface area contributed by atoms with Crippen LogP contribution in [0.1, 0.15) is 20.3 Å². The van der Waals surface area contributed by atoms with Gasteiger partial charge >= 0.3 is 5.97 Å². The molecule has 1 atom stereocenters. The van der Waals surface area contributed by atoms with Gasteiger partial charge in [-0.05, 0) is 13.8 Å². The second-order valence-electron chi connectivity index (χ2n) is 3.54. The number of carbonyl (C=O) groups is 4. The van der Waals surface area contributed by atoms with Crippen molar-refractivity contribution in [3.05, 3.63) is 11.6 Å². The minimum atomic E-state index is -1.29. The van der Waals surface area contributed by atoms with Crippen LogP contribution in [0.25, 0.3) is 0 Å². The molecule has 0 aromatic rings. The van der Waals surface area contributed by atoms with Gasteiger partial charge in [-0.15, -0.1) is 0 Å². The molecule has 0 saturated heterocycles. The Bertz CT molecular complexity index is 409. The number of aliphatic carboxylic acids is 1. The molecule has 1 rings (SSSR count). The van der Waals surface area contributed by atoms with Crippen LogP contribution in [-0.2, 0) is 19.2 Å². The van der Waals surface area contributed by atoms with Crippen molar-refractivity contribution < 1.29 is 24.3 Å². The maximum absolute atomic E-state index is 11.5. The van der Waals surface area contributed by atoms with E-state index in [0.717, 1.165) is 11.0 Å². The van der Waals surface area contributed by atoms with E-state index >= 15 is 0 Å². The standard InChI is InChI=1S/C10H11NO5/c1-5(6(2)12)11-8(13)3-7(10(15)16)4-9(11)14/h3,5H,4H2,1-2H3,(H,15,16). The van der Waals surface area contributed by atoms with Crippen molar-refractivity contribution in [3.63, 3.8) is 0 Å². The third-order valence-electron chi connectivity index (χ3n) is 2.40. The van der Waals surface area contributed by atoms with Gasteiger partial charge in [0, 0.05) is 6.08 Å². The van der Waals surface area contributed by atoms with Crippen LogP contribution in [0.5, 0.6) is 0 Å². The fourth-order valence-corrected chi connectivity index (χ4v) is 1.37. The SMILES string of the molecule is CC(=O)C(C)N1C(=O)C=C(C(=O)O)CC1=O. The summed E-state index contributed by atoms with van der Waals surface area (Å²) in [5, 5.41) is 8.65. The first kappa shape index (κ1) is 12.1. The number of nitrogens with zero attached hydrogens (tertiary/aromatic N) is 1. The number of Topliss-reactive ketones (excluding diaryl/α,β-unsaturated/α-hetero) is 1. The molecule has 1 aliphatic heterocycles. The Balaban J connectivity index is 3.02. The number of imide groups is 1. The summed E-state index contributed by atoms with van der Waals surface area (Å²) < 4.78 is 0. The molecule has 0 saturated carbocycles. The van der Waals surface area contributed by atoms with Crippen LogP contribution >= 0.6 is 0 Å². The average Bonchev–Trinajstić information content (AvgIpc) is 2.15. The quantitative estimate of drug-likeness (QED) is 0.668. The summed E-state index contributed by atoms with van der Waals surface area (Å²) in [4.78, 5) is 45.4. The van der Waals surface area contributed by atoms with E-state index in [1.807, 2.05) is 0 Å². The first-order valence-electron chi connectivity index (χ1n) is 4.65. The molecule has 1 N–H and O–H groups in total. The number of amides is 2. The van der Waals surface area contributed by atoms with Crippen molar-refractivity contribution in [2.75, 3.05) is 0 Å². The summed E-state index contributed by atoms with van der Waals surface area (Å²) in [6.07, 6.45) is 0.516. The maximum Gasteiger partial charge on any atom is 0.332 e. The van der Waals surface area contributed by atoms with Crippen molar-refractivity contribution in [1.82, 2.24) is 4.90 Å². The predicted molar refractivity (Wildman–Crippen MR) is 52.3 cm³/mol. The van der Waals surface area contributed by atoms with Crippen molar-refractivity contribution in [1.29, 1.82) is 0 Å². The summed E-state index contributed by atoms with van der Waals surface area (Å²) in [5.41, 5.74) is -0.248. The van der Waals surface area contributed by atoms with Crippen molar-refractivity contribution >= 4 is 23.6 Å². The van der Waals surface area contributed by atoms with Crippen molar-refractivity contribution in [2.24, 2.45) is 0 Å².